The number of aromatic nitrogens is 2. The van der Waals surface area contributed by atoms with Gasteiger partial charge in [-0.15, -0.1) is 0 Å². The Bertz CT molecular complexity index is 1180. The van der Waals surface area contributed by atoms with Gasteiger partial charge >= 0.3 is 0 Å². The van der Waals surface area contributed by atoms with Gasteiger partial charge in [0.2, 0.25) is 0 Å². The first-order valence-corrected chi connectivity index (χ1v) is 10.4. The highest BCUT2D eigenvalue weighted by Crippen LogP contribution is 2.28. The van der Waals surface area contributed by atoms with Crippen LogP contribution in [0, 0.1) is 6.92 Å². The Morgan fingerprint density at radius 2 is 1.76 bits per heavy atom. The number of pyridine rings is 2. The van der Waals surface area contributed by atoms with Gasteiger partial charge < -0.3 is 10.5 Å². The molecule has 2 heterocycles. The lowest BCUT2D eigenvalue weighted by atomic mass is 9.96. The highest BCUT2D eigenvalue weighted by molar-refractivity contribution is 6.08. The van der Waals surface area contributed by atoms with Gasteiger partial charge in [-0.05, 0) is 80.0 Å². The Hall–Kier alpha value is -3.14. The second-order valence-corrected chi connectivity index (χ2v) is 8.07. The number of ether oxygens (including phenoxy) is 1. The van der Waals surface area contributed by atoms with E-state index in [4.69, 9.17) is 10.5 Å². The van der Waals surface area contributed by atoms with Crippen LogP contribution in [0.15, 0.2) is 54.7 Å². The molecule has 0 amide bonds. The van der Waals surface area contributed by atoms with Crippen molar-refractivity contribution < 1.29 is 4.74 Å². The molecule has 1 aliphatic carbocycles. The molecule has 2 aromatic carbocycles. The number of aryl methyl sites for hydroxylation is 3. The molecular formula is C25H25N3O. The molecule has 0 aliphatic heterocycles. The SMILES string of the molecule is Cc1ccc2c(c1)nc(N)c1ncc(CCc3ccc(OC4CCC4)cc3)cc12. The molecule has 0 saturated heterocycles. The molecule has 2 N–H and O–H groups in total. The van der Waals surface area contributed by atoms with Crippen molar-refractivity contribution in [1.29, 1.82) is 0 Å². The minimum absolute atomic E-state index is 0.421. The van der Waals surface area contributed by atoms with Gasteiger partial charge in [-0.1, -0.05) is 24.3 Å². The Balaban J connectivity index is 1.37. The molecule has 0 bridgehead atoms. The zero-order valence-electron chi connectivity index (χ0n) is 16.7. The van der Waals surface area contributed by atoms with E-state index in [0.29, 0.717) is 11.9 Å². The predicted molar refractivity (Wildman–Crippen MR) is 118 cm³/mol. The molecule has 5 rings (SSSR count). The summed E-state index contributed by atoms with van der Waals surface area (Å²) in [6.45, 7) is 2.07. The van der Waals surface area contributed by atoms with Crippen molar-refractivity contribution in [2.75, 3.05) is 5.73 Å². The van der Waals surface area contributed by atoms with Crippen molar-refractivity contribution in [3.63, 3.8) is 0 Å². The lowest BCUT2D eigenvalue weighted by Crippen LogP contribution is -2.24. The summed E-state index contributed by atoms with van der Waals surface area (Å²) in [6.07, 6.45) is 7.91. The van der Waals surface area contributed by atoms with E-state index in [-0.39, 0.29) is 0 Å². The van der Waals surface area contributed by atoms with Gasteiger partial charge in [-0.2, -0.15) is 0 Å². The van der Waals surface area contributed by atoms with E-state index >= 15 is 0 Å². The normalized spacial score (nSPS) is 14.2. The summed E-state index contributed by atoms with van der Waals surface area (Å²) in [5, 5.41) is 2.18. The van der Waals surface area contributed by atoms with Crippen LogP contribution in [0.25, 0.3) is 21.8 Å². The Morgan fingerprint density at radius 3 is 2.52 bits per heavy atom. The zero-order chi connectivity index (χ0) is 19.8. The first-order chi connectivity index (χ1) is 14.2. The molecule has 0 unspecified atom stereocenters. The molecule has 29 heavy (non-hydrogen) atoms. The maximum absolute atomic E-state index is 6.16. The standard InChI is InChI=1S/C25H25N3O/c1-16-5-12-21-22-14-18(15-27-24(22)25(26)28-23(21)13-16)7-6-17-8-10-20(11-9-17)29-19-3-2-4-19/h5,8-15,19H,2-4,6-7H2,1H3,(H2,26,28). The number of rotatable bonds is 5. The zero-order valence-corrected chi connectivity index (χ0v) is 16.7. The maximum atomic E-state index is 6.16. The fourth-order valence-corrected chi connectivity index (χ4v) is 3.90. The second-order valence-electron chi connectivity index (χ2n) is 8.07. The quantitative estimate of drug-likeness (QED) is 0.469. The smallest absolute Gasteiger partial charge is 0.150 e. The summed E-state index contributed by atoms with van der Waals surface area (Å²) in [7, 11) is 0. The lowest BCUT2D eigenvalue weighted by molar-refractivity contribution is 0.120. The molecule has 146 valence electrons. The largest absolute Gasteiger partial charge is 0.490 e. The third kappa shape index (κ3) is 3.63. The predicted octanol–water partition coefficient (Wildman–Crippen LogP) is 5.39. The molecule has 4 heteroatoms. The van der Waals surface area contributed by atoms with E-state index in [1.807, 2.05) is 6.20 Å². The van der Waals surface area contributed by atoms with Crippen LogP contribution in [0.3, 0.4) is 0 Å². The summed E-state index contributed by atoms with van der Waals surface area (Å²) in [6, 6.07) is 17.0. The van der Waals surface area contributed by atoms with Crippen molar-refractivity contribution in [3.8, 4) is 5.75 Å². The van der Waals surface area contributed by atoms with E-state index in [1.54, 1.807) is 0 Å². The molecule has 0 atom stereocenters. The van der Waals surface area contributed by atoms with Crippen molar-refractivity contribution in [2.45, 2.75) is 45.1 Å². The average Bonchev–Trinajstić information content (AvgIpc) is 2.70. The van der Waals surface area contributed by atoms with E-state index in [9.17, 15) is 0 Å². The van der Waals surface area contributed by atoms with Gasteiger partial charge in [-0.25, -0.2) is 4.98 Å². The van der Waals surface area contributed by atoms with Crippen molar-refractivity contribution >= 4 is 27.6 Å². The number of anilines is 1. The first-order valence-electron chi connectivity index (χ1n) is 10.4. The first kappa shape index (κ1) is 17.9. The van der Waals surface area contributed by atoms with Crippen LogP contribution in [-0.4, -0.2) is 16.1 Å². The molecule has 1 saturated carbocycles. The van der Waals surface area contributed by atoms with Crippen molar-refractivity contribution in [2.24, 2.45) is 0 Å². The van der Waals surface area contributed by atoms with Crippen LogP contribution in [0.4, 0.5) is 5.82 Å². The topological polar surface area (TPSA) is 61.0 Å². The highest BCUT2D eigenvalue weighted by Gasteiger charge is 2.18. The fourth-order valence-electron chi connectivity index (χ4n) is 3.90. The van der Waals surface area contributed by atoms with E-state index in [2.05, 4.69) is 65.4 Å². The summed E-state index contributed by atoms with van der Waals surface area (Å²) in [4.78, 5) is 9.15. The second kappa shape index (κ2) is 7.36. The van der Waals surface area contributed by atoms with Gasteiger partial charge in [-0.3, -0.25) is 4.98 Å². The average molecular weight is 383 g/mol. The summed E-state index contributed by atoms with van der Waals surface area (Å²) in [5.74, 6) is 1.47. The Morgan fingerprint density at radius 1 is 0.966 bits per heavy atom. The summed E-state index contributed by atoms with van der Waals surface area (Å²) < 4.78 is 5.95. The highest BCUT2D eigenvalue weighted by atomic mass is 16.5. The minimum Gasteiger partial charge on any atom is -0.490 e. The van der Waals surface area contributed by atoms with Gasteiger partial charge in [0.1, 0.15) is 11.3 Å². The number of nitrogens with zero attached hydrogens (tertiary/aromatic N) is 2. The molecule has 2 aromatic heterocycles. The summed E-state index contributed by atoms with van der Waals surface area (Å²) in [5.41, 5.74) is 11.6. The van der Waals surface area contributed by atoms with Crippen LogP contribution in [-0.2, 0) is 12.8 Å². The maximum Gasteiger partial charge on any atom is 0.150 e. The van der Waals surface area contributed by atoms with E-state index < -0.39 is 0 Å². The monoisotopic (exact) mass is 383 g/mol. The molecule has 4 nitrogen and oxygen atoms in total. The third-order valence-corrected chi connectivity index (χ3v) is 5.85. The number of hydrogen-bond donors (Lipinski definition) is 1. The molecule has 1 aliphatic rings. The lowest BCUT2D eigenvalue weighted by Gasteiger charge is -2.26. The van der Waals surface area contributed by atoms with Gasteiger partial charge in [0.05, 0.1) is 11.6 Å². The Kier molecular flexibility index (Phi) is 4.55. The van der Waals surface area contributed by atoms with Crippen LogP contribution in [0.1, 0.15) is 36.0 Å². The van der Waals surface area contributed by atoms with Crippen LogP contribution in [0.2, 0.25) is 0 Å². The number of benzene rings is 2. The Labute approximate surface area is 170 Å². The van der Waals surface area contributed by atoms with Crippen molar-refractivity contribution in [1.82, 2.24) is 9.97 Å². The third-order valence-electron chi connectivity index (χ3n) is 5.85. The van der Waals surface area contributed by atoms with Gasteiger partial charge in [0.25, 0.3) is 0 Å². The molecule has 0 radical (unpaired) electrons. The van der Waals surface area contributed by atoms with Crippen molar-refractivity contribution in [3.05, 3.63) is 71.4 Å². The molecule has 4 aromatic rings. The number of hydrogen-bond acceptors (Lipinski definition) is 4. The van der Waals surface area contributed by atoms with Gasteiger partial charge in [0.15, 0.2) is 5.82 Å². The van der Waals surface area contributed by atoms with E-state index in [1.165, 1.54) is 36.0 Å². The van der Waals surface area contributed by atoms with Gasteiger partial charge in [0, 0.05) is 17.0 Å². The number of nitrogens with two attached hydrogens (primary N) is 1. The number of nitrogen functional groups attached to an aromatic ring is 1. The molecular weight excluding hydrogens is 358 g/mol. The van der Waals surface area contributed by atoms with Crippen LogP contribution >= 0.6 is 0 Å². The van der Waals surface area contributed by atoms with Crippen LogP contribution < -0.4 is 10.5 Å². The van der Waals surface area contributed by atoms with Crippen LogP contribution in [0.5, 0.6) is 5.75 Å². The van der Waals surface area contributed by atoms with E-state index in [0.717, 1.165) is 40.4 Å². The number of fused-ring (bicyclic) bond motifs is 3. The fraction of sp³-hybridized carbons (Fsp3) is 0.280. The molecule has 1 fully saturated rings. The molecule has 0 spiro atoms. The summed E-state index contributed by atoms with van der Waals surface area (Å²) >= 11 is 0. The minimum atomic E-state index is 0.421.